The van der Waals surface area contributed by atoms with Crippen molar-refractivity contribution in [2.75, 3.05) is 18.4 Å². The first-order valence-electron chi connectivity index (χ1n) is 7.41. The van der Waals surface area contributed by atoms with Gasteiger partial charge >= 0.3 is 0 Å². The number of amides is 1. The van der Waals surface area contributed by atoms with Crippen molar-refractivity contribution in [3.8, 4) is 0 Å². The highest BCUT2D eigenvalue weighted by atomic mass is 16.2. The molecule has 0 heterocycles. The van der Waals surface area contributed by atoms with E-state index in [1.807, 2.05) is 60.7 Å². The van der Waals surface area contributed by atoms with Gasteiger partial charge in [-0.1, -0.05) is 62.4 Å². The highest BCUT2D eigenvalue weighted by molar-refractivity contribution is 5.95. The van der Waals surface area contributed by atoms with Gasteiger partial charge in [0, 0.05) is 5.69 Å². The van der Waals surface area contributed by atoms with Crippen LogP contribution in [0.5, 0.6) is 0 Å². The number of carbonyl (C=O) groups excluding carboxylic acids is 1. The molecule has 2 rings (SSSR count). The molecule has 2 aromatic carbocycles. The van der Waals surface area contributed by atoms with Gasteiger partial charge in [0.25, 0.3) is 0 Å². The van der Waals surface area contributed by atoms with Crippen molar-refractivity contribution in [3.05, 3.63) is 66.2 Å². The van der Waals surface area contributed by atoms with Crippen molar-refractivity contribution in [2.45, 2.75) is 19.9 Å². The van der Waals surface area contributed by atoms with Crippen LogP contribution in [-0.4, -0.2) is 23.9 Å². The molecule has 0 aliphatic heterocycles. The number of para-hydroxylation sites is 1. The smallest absolute Gasteiger partial charge is 0.246 e. The van der Waals surface area contributed by atoms with E-state index in [9.17, 15) is 4.79 Å². The summed E-state index contributed by atoms with van der Waals surface area (Å²) in [6.45, 7) is 5.82. The lowest BCUT2D eigenvalue weighted by Crippen LogP contribution is -2.37. The van der Waals surface area contributed by atoms with Crippen LogP contribution in [0, 0.1) is 0 Å². The molecule has 0 radical (unpaired) electrons. The number of carbonyl (C=O) groups is 1. The molecule has 2 aromatic rings. The van der Waals surface area contributed by atoms with Gasteiger partial charge in [0.2, 0.25) is 5.91 Å². The number of hydrogen-bond donors (Lipinski definition) is 1. The molecular formula is C18H22N2O. The maximum atomic E-state index is 12.7. The molecule has 3 heteroatoms. The average molecular weight is 282 g/mol. The molecule has 0 bridgehead atoms. The van der Waals surface area contributed by atoms with Crippen LogP contribution in [0.3, 0.4) is 0 Å². The van der Waals surface area contributed by atoms with Gasteiger partial charge in [0.1, 0.15) is 6.04 Å². The predicted octanol–water partition coefficient (Wildman–Crippen LogP) is 3.71. The lowest BCUT2D eigenvalue weighted by atomic mass is 10.0. The normalized spacial score (nSPS) is 12.1. The van der Waals surface area contributed by atoms with E-state index in [4.69, 9.17) is 0 Å². The lowest BCUT2D eigenvalue weighted by molar-refractivity contribution is -0.121. The monoisotopic (exact) mass is 282 g/mol. The van der Waals surface area contributed by atoms with E-state index in [2.05, 4.69) is 24.1 Å². The third-order valence-electron chi connectivity index (χ3n) is 3.58. The molecule has 1 unspecified atom stereocenters. The van der Waals surface area contributed by atoms with Gasteiger partial charge in [0.15, 0.2) is 0 Å². The van der Waals surface area contributed by atoms with E-state index >= 15 is 0 Å². The number of nitrogens with one attached hydrogen (secondary N) is 1. The van der Waals surface area contributed by atoms with Gasteiger partial charge in [0.05, 0.1) is 0 Å². The van der Waals surface area contributed by atoms with E-state index in [0.717, 1.165) is 24.3 Å². The average Bonchev–Trinajstić information content (AvgIpc) is 2.54. The molecule has 0 spiro atoms. The van der Waals surface area contributed by atoms with Gasteiger partial charge in [-0.25, -0.2) is 0 Å². The first kappa shape index (κ1) is 15.3. The molecule has 1 N–H and O–H groups in total. The second kappa shape index (κ2) is 7.60. The molecule has 110 valence electrons. The molecule has 0 aliphatic carbocycles. The largest absolute Gasteiger partial charge is 0.324 e. The van der Waals surface area contributed by atoms with Gasteiger partial charge < -0.3 is 5.32 Å². The van der Waals surface area contributed by atoms with E-state index in [1.165, 1.54) is 0 Å². The first-order valence-corrected chi connectivity index (χ1v) is 7.41. The quantitative estimate of drug-likeness (QED) is 0.876. The van der Waals surface area contributed by atoms with Crippen LogP contribution in [0.15, 0.2) is 60.7 Å². The Bertz CT molecular complexity index is 550. The van der Waals surface area contributed by atoms with E-state index in [1.54, 1.807) is 0 Å². The third-order valence-corrected chi connectivity index (χ3v) is 3.58. The lowest BCUT2D eigenvalue weighted by Gasteiger charge is -2.29. The highest BCUT2D eigenvalue weighted by Crippen LogP contribution is 2.22. The van der Waals surface area contributed by atoms with Crippen LogP contribution in [0.2, 0.25) is 0 Å². The molecule has 3 nitrogen and oxygen atoms in total. The molecule has 0 saturated carbocycles. The summed E-state index contributed by atoms with van der Waals surface area (Å²) >= 11 is 0. The molecule has 1 amide bonds. The molecular weight excluding hydrogens is 260 g/mol. The maximum Gasteiger partial charge on any atom is 0.246 e. The van der Waals surface area contributed by atoms with Gasteiger partial charge in [-0.05, 0) is 30.8 Å². The zero-order valence-electron chi connectivity index (χ0n) is 12.6. The maximum absolute atomic E-state index is 12.7. The summed E-state index contributed by atoms with van der Waals surface area (Å²) in [4.78, 5) is 14.9. The van der Waals surface area contributed by atoms with Crippen LogP contribution in [0.4, 0.5) is 5.69 Å². The Hall–Kier alpha value is -2.13. The summed E-state index contributed by atoms with van der Waals surface area (Å²) < 4.78 is 0. The summed E-state index contributed by atoms with van der Waals surface area (Å²) in [6.07, 6.45) is 0. The minimum Gasteiger partial charge on any atom is -0.324 e. The number of benzene rings is 2. The number of hydrogen-bond acceptors (Lipinski definition) is 2. The van der Waals surface area contributed by atoms with Gasteiger partial charge in [-0.2, -0.15) is 0 Å². The van der Waals surface area contributed by atoms with Crippen LogP contribution in [0.1, 0.15) is 25.5 Å². The fourth-order valence-electron chi connectivity index (χ4n) is 2.48. The Morgan fingerprint density at radius 2 is 1.48 bits per heavy atom. The summed E-state index contributed by atoms with van der Waals surface area (Å²) in [5.74, 6) is 0.0103. The zero-order valence-corrected chi connectivity index (χ0v) is 12.6. The van der Waals surface area contributed by atoms with E-state index < -0.39 is 0 Å². The van der Waals surface area contributed by atoms with Crippen LogP contribution >= 0.6 is 0 Å². The molecule has 0 saturated heterocycles. The van der Waals surface area contributed by atoms with Crippen molar-refractivity contribution in [1.82, 2.24) is 4.90 Å². The summed E-state index contributed by atoms with van der Waals surface area (Å²) in [5, 5.41) is 3.01. The van der Waals surface area contributed by atoms with Crippen LogP contribution in [0.25, 0.3) is 0 Å². The predicted molar refractivity (Wildman–Crippen MR) is 87.2 cm³/mol. The Labute approximate surface area is 126 Å². The number of nitrogens with zero attached hydrogens (tertiary/aromatic N) is 1. The first-order chi connectivity index (χ1) is 10.3. The van der Waals surface area contributed by atoms with Crippen molar-refractivity contribution in [3.63, 3.8) is 0 Å². The summed E-state index contributed by atoms with van der Waals surface area (Å²) in [7, 11) is 0. The Kier molecular flexibility index (Phi) is 5.52. The number of anilines is 1. The second-order valence-electron chi connectivity index (χ2n) is 4.89. The van der Waals surface area contributed by atoms with Crippen molar-refractivity contribution in [2.24, 2.45) is 0 Å². The van der Waals surface area contributed by atoms with Gasteiger partial charge in [-0.3, -0.25) is 9.69 Å². The minimum absolute atomic E-state index is 0.0103. The second-order valence-corrected chi connectivity index (χ2v) is 4.89. The molecule has 0 aromatic heterocycles. The molecule has 0 aliphatic rings. The van der Waals surface area contributed by atoms with Crippen molar-refractivity contribution in [1.29, 1.82) is 0 Å². The Morgan fingerprint density at radius 1 is 0.952 bits per heavy atom. The van der Waals surface area contributed by atoms with Gasteiger partial charge in [-0.15, -0.1) is 0 Å². The third kappa shape index (κ3) is 3.92. The van der Waals surface area contributed by atoms with Crippen LogP contribution < -0.4 is 5.32 Å². The van der Waals surface area contributed by atoms with Crippen LogP contribution in [-0.2, 0) is 4.79 Å². The topological polar surface area (TPSA) is 32.3 Å². The molecule has 1 atom stereocenters. The number of likely N-dealkylation sites (N-methyl/N-ethyl adjacent to an activating group) is 1. The summed E-state index contributed by atoms with van der Waals surface area (Å²) in [5.41, 5.74) is 1.85. The molecule has 21 heavy (non-hydrogen) atoms. The van der Waals surface area contributed by atoms with E-state index in [0.29, 0.717) is 0 Å². The Morgan fingerprint density at radius 3 is 2.00 bits per heavy atom. The SMILES string of the molecule is CCN(CC)C(C(=O)Nc1ccccc1)c1ccccc1. The number of rotatable bonds is 6. The highest BCUT2D eigenvalue weighted by Gasteiger charge is 2.25. The Balaban J connectivity index is 2.25. The fraction of sp³-hybridized carbons (Fsp3) is 0.278. The van der Waals surface area contributed by atoms with Crippen molar-refractivity contribution >= 4 is 11.6 Å². The minimum atomic E-state index is -0.263. The standard InChI is InChI=1S/C18H22N2O/c1-3-20(4-2)17(15-11-7-5-8-12-15)18(21)19-16-13-9-6-10-14-16/h5-14,17H,3-4H2,1-2H3,(H,19,21). The molecule has 0 fully saturated rings. The summed E-state index contributed by atoms with van der Waals surface area (Å²) in [6, 6.07) is 19.3. The van der Waals surface area contributed by atoms with Crippen molar-refractivity contribution < 1.29 is 4.79 Å². The van der Waals surface area contributed by atoms with E-state index in [-0.39, 0.29) is 11.9 Å². The fourth-order valence-corrected chi connectivity index (χ4v) is 2.48. The zero-order chi connectivity index (χ0) is 15.1.